The molecule has 16 heavy (non-hydrogen) atoms. The number of ether oxygens (including phenoxy) is 1. The van der Waals surface area contributed by atoms with E-state index in [1.54, 1.807) is 26.0 Å². The highest BCUT2D eigenvalue weighted by Gasteiger charge is 2.26. The topological polar surface area (TPSA) is 66.8 Å². The number of carboxylic acid groups (broad SMARTS) is 1. The smallest absolute Gasteiger partial charge is 0.311 e. The molecule has 0 saturated carbocycles. The van der Waals surface area contributed by atoms with E-state index < -0.39 is 11.9 Å². The van der Waals surface area contributed by atoms with Crippen LogP contribution in [0.5, 0.6) is 11.5 Å². The first-order chi connectivity index (χ1) is 7.47. The fourth-order valence-electron chi connectivity index (χ4n) is 1.69. The summed E-state index contributed by atoms with van der Waals surface area (Å²) in [6.07, 6.45) is 0. The second-order valence-electron chi connectivity index (χ2n) is 3.98. The van der Waals surface area contributed by atoms with Crippen LogP contribution < -0.4 is 4.74 Å². The fourth-order valence-corrected chi connectivity index (χ4v) is 1.69. The van der Waals surface area contributed by atoms with Crippen LogP contribution in [0.25, 0.3) is 0 Å². The van der Waals surface area contributed by atoms with Crippen molar-refractivity contribution < 1.29 is 19.7 Å². The molecule has 1 rings (SSSR count). The van der Waals surface area contributed by atoms with E-state index in [0.717, 1.165) is 0 Å². The third-order valence-corrected chi connectivity index (χ3v) is 2.50. The first-order valence-corrected chi connectivity index (χ1v) is 5.07. The van der Waals surface area contributed by atoms with Crippen molar-refractivity contribution in [2.24, 2.45) is 5.92 Å². The molecule has 0 fully saturated rings. The minimum atomic E-state index is -0.946. The van der Waals surface area contributed by atoms with Gasteiger partial charge in [0, 0.05) is 5.56 Å². The maximum atomic E-state index is 11.1. The van der Waals surface area contributed by atoms with Crippen LogP contribution in [0.2, 0.25) is 0 Å². The number of phenolic OH excluding ortho intramolecular Hbond substituents is 1. The number of carbonyl (C=O) groups is 1. The van der Waals surface area contributed by atoms with Gasteiger partial charge in [0.05, 0.1) is 13.0 Å². The molecule has 1 unspecified atom stereocenters. The van der Waals surface area contributed by atoms with Gasteiger partial charge in [-0.25, -0.2) is 0 Å². The molecule has 2 N–H and O–H groups in total. The van der Waals surface area contributed by atoms with Crippen molar-refractivity contribution in [3.05, 3.63) is 23.8 Å². The van der Waals surface area contributed by atoms with Crippen molar-refractivity contribution in [2.75, 3.05) is 7.11 Å². The van der Waals surface area contributed by atoms with Gasteiger partial charge < -0.3 is 14.9 Å². The molecular weight excluding hydrogens is 208 g/mol. The van der Waals surface area contributed by atoms with Gasteiger partial charge in [0.25, 0.3) is 0 Å². The summed E-state index contributed by atoms with van der Waals surface area (Å²) in [7, 11) is 1.50. The highest BCUT2D eigenvalue weighted by molar-refractivity contribution is 5.77. The van der Waals surface area contributed by atoms with E-state index in [4.69, 9.17) is 9.84 Å². The van der Waals surface area contributed by atoms with Gasteiger partial charge in [0.15, 0.2) is 0 Å². The summed E-state index contributed by atoms with van der Waals surface area (Å²) in [5, 5.41) is 18.8. The second kappa shape index (κ2) is 4.88. The Hall–Kier alpha value is -1.71. The molecule has 0 aliphatic rings. The van der Waals surface area contributed by atoms with Gasteiger partial charge >= 0.3 is 5.97 Å². The van der Waals surface area contributed by atoms with Crippen LogP contribution in [-0.4, -0.2) is 23.3 Å². The Bertz CT molecular complexity index is 385. The summed E-state index contributed by atoms with van der Waals surface area (Å²) in [5.74, 6) is -1.24. The van der Waals surface area contributed by atoms with E-state index in [-0.39, 0.29) is 11.7 Å². The second-order valence-corrected chi connectivity index (χ2v) is 3.98. The molecule has 1 atom stereocenters. The standard InChI is InChI=1S/C12H16O4/c1-7(2)11(12(14)15)9-6-8(16-3)4-5-10(9)13/h4-7,11,13H,1-3H3,(H,14,15). The van der Waals surface area contributed by atoms with E-state index in [9.17, 15) is 9.90 Å². The number of hydrogen-bond donors (Lipinski definition) is 2. The normalized spacial score (nSPS) is 12.5. The van der Waals surface area contributed by atoms with Crippen LogP contribution in [0, 0.1) is 5.92 Å². The number of phenols is 1. The molecule has 0 heterocycles. The van der Waals surface area contributed by atoms with E-state index in [0.29, 0.717) is 11.3 Å². The Balaban J connectivity index is 3.22. The van der Waals surface area contributed by atoms with Gasteiger partial charge in [-0.15, -0.1) is 0 Å². The fraction of sp³-hybridized carbons (Fsp3) is 0.417. The molecule has 0 bridgehead atoms. The van der Waals surface area contributed by atoms with E-state index in [1.165, 1.54) is 13.2 Å². The SMILES string of the molecule is COc1ccc(O)c(C(C(=O)O)C(C)C)c1. The lowest BCUT2D eigenvalue weighted by Crippen LogP contribution is -2.17. The number of rotatable bonds is 4. The summed E-state index contributed by atoms with van der Waals surface area (Å²) >= 11 is 0. The van der Waals surface area contributed by atoms with Gasteiger partial charge in [-0.3, -0.25) is 4.79 Å². The number of methoxy groups -OCH3 is 1. The average molecular weight is 224 g/mol. The van der Waals surface area contributed by atoms with Gasteiger partial charge in [-0.2, -0.15) is 0 Å². The van der Waals surface area contributed by atoms with Gasteiger partial charge in [-0.05, 0) is 24.1 Å². The third-order valence-electron chi connectivity index (χ3n) is 2.50. The summed E-state index contributed by atoms with van der Waals surface area (Å²) in [6.45, 7) is 3.61. The van der Waals surface area contributed by atoms with Crippen molar-refractivity contribution in [1.82, 2.24) is 0 Å². The zero-order chi connectivity index (χ0) is 12.3. The first kappa shape index (κ1) is 12.4. The Morgan fingerprint density at radius 2 is 2.00 bits per heavy atom. The van der Waals surface area contributed by atoms with Crippen LogP contribution in [0.15, 0.2) is 18.2 Å². The number of hydrogen-bond acceptors (Lipinski definition) is 3. The molecule has 0 amide bonds. The Morgan fingerprint density at radius 1 is 1.38 bits per heavy atom. The van der Waals surface area contributed by atoms with E-state index in [1.807, 2.05) is 0 Å². The van der Waals surface area contributed by atoms with Crippen molar-refractivity contribution in [3.8, 4) is 11.5 Å². The van der Waals surface area contributed by atoms with E-state index in [2.05, 4.69) is 0 Å². The summed E-state index contributed by atoms with van der Waals surface area (Å²) in [4.78, 5) is 11.1. The Labute approximate surface area is 94.5 Å². The highest BCUT2D eigenvalue weighted by atomic mass is 16.5. The predicted molar refractivity (Wildman–Crippen MR) is 59.9 cm³/mol. The largest absolute Gasteiger partial charge is 0.508 e. The van der Waals surface area contributed by atoms with Crippen molar-refractivity contribution >= 4 is 5.97 Å². The number of benzene rings is 1. The summed E-state index contributed by atoms with van der Waals surface area (Å²) < 4.78 is 5.02. The molecular formula is C12H16O4. The van der Waals surface area contributed by atoms with Crippen molar-refractivity contribution in [1.29, 1.82) is 0 Å². The lowest BCUT2D eigenvalue weighted by molar-refractivity contribution is -0.139. The van der Waals surface area contributed by atoms with Crippen LogP contribution >= 0.6 is 0 Å². The minimum Gasteiger partial charge on any atom is -0.508 e. The predicted octanol–water partition coefficient (Wildman–Crippen LogP) is 2.22. The minimum absolute atomic E-state index is 0.0121. The number of carboxylic acids is 1. The molecule has 88 valence electrons. The van der Waals surface area contributed by atoms with Crippen molar-refractivity contribution in [2.45, 2.75) is 19.8 Å². The molecule has 0 aliphatic heterocycles. The van der Waals surface area contributed by atoms with Gasteiger partial charge in [0.1, 0.15) is 11.5 Å². The van der Waals surface area contributed by atoms with E-state index >= 15 is 0 Å². The Kier molecular flexibility index (Phi) is 3.77. The molecule has 0 saturated heterocycles. The molecule has 0 radical (unpaired) electrons. The lowest BCUT2D eigenvalue weighted by atomic mass is 9.88. The van der Waals surface area contributed by atoms with Gasteiger partial charge in [-0.1, -0.05) is 13.8 Å². The molecule has 0 spiro atoms. The lowest BCUT2D eigenvalue weighted by Gasteiger charge is -2.18. The zero-order valence-electron chi connectivity index (χ0n) is 9.60. The molecule has 4 heteroatoms. The van der Waals surface area contributed by atoms with Crippen LogP contribution in [-0.2, 0) is 4.79 Å². The summed E-state index contributed by atoms with van der Waals surface area (Å²) in [5.41, 5.74) is 0.391. The first-order valence-electron chi connectivity index (χ1n) is 5.07. The molecule has 0 aromatic heterocycles. The molecule has 0 aliphatic carbocycles. The maximum absolute atomic E-state index is 11.1. The molecule has 1 aromatic carbocycles. The average Bonchev–Trinajstić information content (AvgIpc) is 2.20. The molecule has 1 aromatic rings. The maximum Gasteiger partial charge on any atom is 0.311 e. The quantitative estimate of drug-likeness (QED) is 0.823. The monoisotopic (exact) mass is 224 g/mol. The Morgan fingerprint density at radius 3 is 2.44 bits per heavy atom. The number of aromatic hydroxyl groups is 1. The van der Waals surface area contributed by atoms with Gasteiger partial charge in [0.2, 0.25) is 0 Å². The van der Waals surface area contributed by atoms with Crippen molar-refractivity contribution in [3.63, 3.8) is 0 Å². The third kappa shape index (κ3) is 2.45. The van der Waals surface area contributed by atoms with Crippen LogP contribution in [0.4, 0.5) is 0 Å². The van der Waals surface area contributed by atoms with Crippen LogP contribution in [0.1, 0.15) is 25.3 Å². The zero-order valence-corrected chi connectivity index (χ0v) is 9.60. The highest BCUT2D eigenvalue weighted by Crippen LogP contribution is 2.34. The summed E-state index contributed by atoms with van der Waals surface area (Å²) in [6, 6.07) is 4.61. The number of aliphatic carboxylic acids is 1. The molecule has 4 nitrogen and oxygen atoms in total. The van der Waals surface area contributed by atoms with Crippen LogP contribution in [0.3, 0.4) is 0 Å².